The Labute approximate surface area is 81.0 Å². The van der Waals surface area contributed by atoms with Crippen molar-refractivity contribution < 1.29 is 8.78 Å². The first-order valence-corrected chi connectivity index (χ1v) is 4.24. The van der Waals surface area contributed by atoms with E-state index in [4.69, 9.17) is 11.0 Å². The molecule has 74 valence electrons. The molecule has 1 unspecified atom stereocenters. The highest BCUT2D eigenvalue weighted by Gasteiger charge is 2.13. The molecule has 0 radical (unpaired) electrons. The lowest BCUT2D eigenvalue weighted by molar-refractivity contribution is 0.565. The Bertz CT molecular complexity index is 359. The molecule has 2 nitrogen and oxygen atoms in total. The van der Waals surface area contributed by atoms with Crippen molar-refractivity contribution >= 4 is 0 Å². The van der Waals surface area contributed by atoms with E-state index in [1.807, 2.05) is 6.92 Å². The minimum Gasteiger partial charge on any atom is -0.324 e. The Morgan fingerprint density at radius 1 is 1.43 bits per heavy atom. The molecule has 0 amide bonds. The lowest BCUT2D eigenvalue weighted by atomic mass is 10.0. The van der Waals surface area contributed by atoms with Gasteiger partial charge in [-0.15, -0.1) is 0 Å². The maximum Gasteiger partial charge on any atom is 0.144 e. The molecular formula is C10H10F2N2. The summed E-state index contributed by atoms with van der Waals surface area (Å²) in [5.74, 6) is -1.71. The third-order valence-corrected chi connectivity index (χ3v) is 2.04. The molecule has 0 aromatic heterocycles. The molecule has 2 N–H and O–H groups in total. The standard InChI is InChI=1S/C10H10F2N2/c1-2-10(14)6-3-8(11)7(5-13)9(12)4-6/h3-4,10H,2,14H2,1H3. The minimum absolute atomic E-state index is 0.376. The van der Waals surface area contributed by atoms with Crippen LogP contribution in [0.25, 0.3) is 0 Å². The lowest BCUT2D eigenvalue weighted by Crippen LogP contribution is -2.10. The molecule has 0 bridgehead atoms. The number of hydrogen-bond acceptors (Lipinski definition) is 2. The summed E-state index contributed by atoms with van der Waals surface area (Å²) in [6.07, 6.45) is 0.588. The number of nitrogens with two attached hydrogens (primary N) is 1. The zero-order valence-corrected chi connectivity index (χ0v) is 7.72. The molecule has 0 aliphatic heterocycles. The fourth-order valence-electron chi connectivity index (χ4n) is 1.15. The number of nitrogens with zero attached hydrogens (tertiary/aromatic N) is 1. The molecule has 1 atom stereocenters. The van der Waals surface area contributed by atoms with Crippen molar-refractivity contribution in [1.29, 1.82) is 5.26 Å². The van der Waals surface area contributed by atoms with Gasteiger partial charge < -0.3 is 5.73 Å². The highest BCUT2D eigenvalue weighted by atomic mass is 19.1. The first-order chi connectivity index (χ1) is 6.60. The van der Waals surface area contributed by atoms with Crippen molar-refractivity contribution in [1.82, 2.24) is 0 Å². The topological polar surface area (TPSA) is 49.8 Å². The third-order valence-electron chi connectivity index (χ3n) is 2.04. The van der Waals surface area contributed by atoms with E-state index >= 15 is 0 Å². The van der Waals surface area contributed by atoms with Crippen LogP contribution in [0, 0.1) is 23.0 Å². The van der Waals surface area contributed by atoms with Gasteiger partial charge in [-0.25, -0.2) is 8.78 Å². The highest BCUT2D eigenvalue weighted by molar-refractivity contribution is 5.36. The van der Waals surface area contributed by atoms with E-state index in [9.17, 15) is 8.78 Å². The van der Waals surface area contributed by atoms with Crippen molar-refractivity contribution in [2.45, 2.75) is 19.4 Å². The fourth-order valence-corrected chi connectivity index (χ4v) is 1.15. The molecule has 1 aromatic carbocycles. The van der Waals surface area contributed by atoms with Crippen LogP contribution < -0.4 is 5.73 Å². The molecule has 1 rings (SSSR count). The number of halogens is 2. The van der Waals surface area contributed by atoms with Crippen LogP contribution in [-0.2, 0) is 0 Å². The van der Waals surface area contributed by atoms with Crippen LogP contribution in [0.3, 0.4) is 0 Å². The molecule has 0 aliphatic rings. The number of nitriles is 1. The van der Waals surface area contributed by atoms with Gasteiger partial charge in [-0.05, 0) is 24.1 Å². The van der Waals surface area contributed by atoms with E-state index in [1.165, 1.54) is 6.07 Å². The summed E-state index contributed by atoms with van der Waals surface area (Å²) in [5, 5.41) is 8.42. The van der Waals surface area contributed by atoms with Crippen LogP contribution in [0.4, 0.5) is 8.78 Å². The van der Waals surface area contributed by atoms with Gasteiger partial charge in [0.15, 0.2) is 0 Å². The normalized spacial score (nSPS) is 12.2. The predicted octanol–water partition coefficient (Wildman–Crippen LogP) is 2.25. The summed E-state index contributed by atoms with van der Waals surface area (Å²) >= 11 is 0. The largest absolute Gasteiger partial charge is 0.324 e. The number of benzene rings is 1. The van der Waals surface area contributed by atoms with Crippen LogP contribution in [0.15, 0.2) is 12.1 Å². The van der Waals surface area contributed by atoms with Gasteiger partial charge in [0.05, 0.1) is 0 Å². The van der Waals surface area contributed by atoms with Gasteiger partial charge in [0.1, 0.15) is 23.3 Å². The smallest absolute Gasteiger partial charge is 0.144 e. The Hall–Kier alpha value is -1.47. The first kappa shape index (κ1) is 10.6. The maximum absolute atomic E-state index is 13.1. The van der Waals surface area contributed by atoms with Crippen molar-refractivity contribution in [3.05, 3.63) is 34.9 Å². The van der Waals surface area contributed by atoms with Crippen LogP contribution >= 0.6 is 0 Å². The molecule has 0 spiro atoms. The predicted molar refractivity (Wildman–Crippen MR) is 48.3 cm³/mol. The second kappa shape index (κ2) is 4.16. The molecule has 0 fully saturated rings. The Morgan fingerprint density at radius 2 is 1.93 bits per heavy atom. The van der Waals surface area contributed by atoms with Crippen LogP contribution in [0.1, 0.15) is 30.5 Å². The van der Waals surface area contributed by atoms with Gasteiger partial charge in [0.2, 0.25) is 0 Å². The van der Waals surface area contributed by atoms with E-state index in [0.29, 0.717) is 12.0 Å². The molecule has 0 aliphatic carbocycles. The van der Waals surface area contributed by atoms with Gasteiger partial charge in [-0.2, -0.15) is 5.26 Å². The van der Waals surface area contributed by atoms with E-state index in [0.717, 1.165) is 12.1 Å². The van der Waals surface area contributed by atoms with E-state index < -0.39 is 23.2 Å². The highest BCUT2D eigenvalue weighted by Crippen LogP contribution is 2.20. The zero-order valence-electron chi connectivity index (χ0n) is 7.72. The van der Waals surface area contributed by atoms with Crippen molar-refractivity contribution in [3.63, 3.8) is 0 Å². The Morgan fingerprint density at radius 3 is 2.29 bits per heavy atom. The second-order valence-electron chi connectivity index (χ2n) is 2.99. The first-order valence-electron chi connectivity index (χ1n) is 4.24. The van der Waals surface area contributed by atoms with E-state index in [2.05, 4.69) is 0 Å². The van der Waals surface area contributed by atoms with Crippen molar-refractivity contribution in [2.75, 3.05) is 0 Å². The van der Waals surface area contributed by atoms with Crippen molar-refractivity contribution in [3.8, 4) is 6.07 Å². The molecule has 0 saturated carbocycles. The lowest BCUT2D eigenvalue weighted by Gasteiger charge is -2.09. The Kier molecular flexibility index (Phi) is 3.15. The molecule has 14 heavy (non-hydrogen) atoms. The van der Waals surface area contributed by atoms with Gasteiger partial charge in [-0.3, -0.25) is 0 Å². The number of hydrogen-bond donors (Lipinski definition) is 1. The monoisotopic (exact) mass is 196 g/mol. The summed E-state index contributed by atoms with van der Waals surface area (Å²) in [4.78, 5) is 0. The van der Waals surface area contributed by atoms with Crippen molar-refractivity contribution in [2.24, 2.45) is 5.73 Å². The summed E-state index contributed by atoms with van der Waals surface area (Å²) in [6, 6.07) is 3.27. The van der Waals surface area contributed by atoms with Gasteiger partial charge in [0.25, 0.3) is 0 Å². The molecular weight excluding hydrogens is 186 g/mol. The van der Waals surface area contributed by atoms with Gasteiger partial charge >= 0.3 is 0 Å². The summed E-state index contributed by atoms with van der Waals surface area (Å²) in [5.41, 5.74) is 5.43. The minimum atomic E-state index is -0.855. The van der Waals surface area contributed by atoms with Crippen LogP contribution in [-0.4, -0.2) is 0 Å². The zero-order chi connectivity index (χ0) is 10.7. The maximum atomic E-state index is 13.1. The Balaban J connectivity index is 3.22. The SMILES string of the molecule is CCC(N)c1cc(F)c(C#N)c(F)c1. The quantitative estimate of drug-likeness (QED) is 0.788. The van der Waals surface area contributed by atoms with Gasteiger partial charge in [-0.1, -0.05) is 6.92 Å². The van der Waals surface area contributed by atoms with E-state index in [-0.39, 0.29) is 0 Å². The van der Waals surface area contributed by atoms with Crippen LogP contribution in [0.5, 0.6) is 0 Å². The summed E-state index contributed by atoms with van der Waals surface area (Å²) in [6.45, 7) is 1.82. The van der Waals surface area contributed by atoms with E-state index in [1.54, 1.807) is 0 Å². The summed E-state index contributed by atoms with van der Waals surface area (Å²) in [7, 11) is 0. The molecule has 4 heteroatoms. The fraction of sp³-hybridized carbons (Fsp3) is 0.300. The average molecular weight is 196 g/mol. The summed E-state index contributed by atoms with van der Waals surface area (Å²) < 4.78 is 26.2. The molecule has 0 heterocycles. The third kappa shape index (κ3) is 1.88. The second-order valence-corrected chi connectivity index (χ2v) is 2.99. The number of rotatable bonds is 2. The molecule has 0 saturated heterocycles. The molecule has 1 aromatic rings. The average Bonchev–Trinajstić information content (AvgIpc) is 2.16. The van der Waals surface area contributed by atoms with Crippen LogP contribution in [0.2, 0.25) is 0 Å². The van der Waals surface area contributed by atoms with Gasteiger partial charge in [0, 0.05) is 6.04 Å².